The third kappa shape index (κ3) is 3.42. The van der Waals surface area contributed by atoms with Gasteiger partial charge in [-0.25, -0.2) is 4.39 Å². The zero-order valence-corrected chi connectivity index (χ0v) is 10.4. The molecule has 0 bridgehead atoms. The van der Waals surface area contributed by atoms with Gasteiger partial charge in [-0.05, 0) is 24.3 Å². The monoisotopic (exact) mass is 281 g/mol. The second-order valence-electron chi connectivity index (χ2n) is 3.78. The first-order valence-corrected chi connectivity index (χ1v) is 5.75. The number of halogens is 2. The molecule has 0 heterocycles. The van der Waals surface area contributed by atoms with E-state index in [2.05, 4.69) is 0 Å². The van der Waals surface area contributed by atoms with E-state index in [1.165, 1.54) is 30.3 Å². The lowest BCUT2D eigenvalue weighted by molar-refractivity contribution is -0.385. The summed E-state index contributed by atoms with van der Waals surface area (Å²) in [6, 6.07) is 9.88. The molecule has 2 aromatic rings. The van der Waals surface area contributed by atoms with Crippen molar-refractivity contribution < 1.29 is 14.1 Å². The smallest absolute Gasteiger partial charge is 0.277 e. The number of nitro benzene ring substituents is 1. The Labute approximate surface area is 113 Å². The summed E-state index contributed by atoms with van der Waals surface area (Å²) in [4.78, 5) is 10.3. The molecule has 0 amide bonds. The summed E-state index contributed by atoms with van der Waals surface area (Å²) in [7, 11) is 0. The van der Waals surface area contributed by atoms with E-state index in [-0.39, 0.29) is 17.3 Å². The average molecular weight is 282 g/mol. The third-order valence-corrected chi connectivity index (χ3v) is 2.67. The summed E-state index contributed by atoms with van der Waals surface area (Å²) < 4.78 is 18.3. The first-order valence-electron chi connectivity index (χ1n) is 5.37. The van der Waals surface area contributed by atoms with E-state index < -0.39 is 10.7 Å². The van der Waals surface area contributed by atoms with Crippen molar-refractivity contribution in [2.75, 3.05) is 0 Å². The molecule has 0 fully saturated rings. The number of nitrogens with zero attached hydrogens (tertiary/aromatic N) is 1. The second kappa shape index (κ2) is 5.67. The van der Waals surface area contributed by atoms with Gasteiger partial charge in [-0.15, -0.1) is 0 Å². The van der Waals surface area contributed by atoms with Crippen molar-refractivity contribution in [1.29, 1.82) is 0 Å². The Hall–Kier alpha value is -2.14. The Balaban J connectivity index is 2.17. The molecule has 6 heteroatoms. The minimum absolute atomic E-state index is 0.0308. The van der Waals surface area contributed by atoms with Gasteiger partial charge in [-0.1, -0.05) is 17.7 Å². The molecule has 0 saturated carbocycles. The highest BCUT2D eigenvalue weighted by Crippen LogP contribution is 2.24. The van der Waals surface area contributed by atoms with Crippen LogP contribution in [0.3, 0.4) is 0 Å². The normalized spacial score (nSPS) is 10.2. The van der Waals surface area contributed by atoms with Gasteiger partial charge in [0.15, 0.2) is 0 Å². The molecule has 0 aliphatic carbocycles. The van der Waals surface area contributed by atoms with Gasteiger partial charge in [0.05, 0.1) is 10.5 Å². The number of ether oxygens (including phenoxy) is 1. The molecular weight excluding hydrogens is 273 g/mol. The summed E-state index contributed by atoms with van der Waals surface area (Å²) in [6.45, 7) is -0.0308. The molecule has 2 aromatic carbocycles. The van der Waals surface area contributed by atoms with E-state index in [0.29, 0.717) is 11.3 Å². The molecule has 0 atom stereocenters. The predicted molar refractivity (Wildman–Crippen MR) is 68.8 cm³/mol. The van der Waals surface area contributed by atoms with Crippen molar-refractivity contribution in [2.45, 2.75) is 6.61 Å². The molecule has 98 valence electrons. The highest BCUT2D eigenvalue weighted by molar-refractivity contribution is 6.30. The van der Waals surface area contributed by atoms with E-state index in [1.807, 2.05) is 0 Å². The molecule has 4 nitrogen and oxygen atoms in total. The molecule has 0 aromatic heterocycles. The van der Waals surface area contributed by atoms with Crippen molar-refractivity contribution in [3.63, 3.8) is 0 Å². The second-order valence-corrected chi connectivity index (χ2v) is 4.21. The fourth-order valence-corrected chi connectivity index (χ4v) is 1.71. The zero-order valence-electron chi connectivity index (χ0n) is 9.68. The highest BCUT2D eigenvalue weighted by atomic mass is 35.5. The van der Waals surface area contributed by atoms with Gasteiger partial charge in [0.25, 0.3) is 5.69 Å². The quantitative estimate of drug-likeness (QED) is 0.629. The van der Waals surface area contributed by atoms with E-state index in [4.69, 9.17) is 16.3 Å². The van der Waals surface area contributed by atoms with Crippen LogP contribution in [0.1, 0.15) is 5.56 Å². The molecular formula is C13H9ClFNO3. The van der Waals surface area contributed by atoms with Gasteiger partial charge >= 0.3 is 0 Å². The third-order valence-electron chi connectivity index (χ3n) is 2.43. The molecule has 0 radical (unpaired) electrons. The number of hydrogen-bond acceptors (Lipinski definition) is 3. The van der Waals surface area contributed by atoms with Crippen molar-refractivity contribution in [3.8, 4) is 5.75 Å². The lowest BCUT2D eigenvalue weighted by Gasteiger charge is -2.07. The Morgan fingerprint density at radius 2 is 2.05 bits per heavy atom. The Bertz CT molecular complexity index is 619. The van der Waals surface area contributed by atoms with Gasteiger partial charge in [-0.3, -0.25) is 10.1 Å². The maximum Gasteiger partial charge on any atom is 0.277 e. The minimum atomic E-state index is -0.532. The maximum absolute atomic E-state index is 12.9. The van der Waals surface area contributed by atoms with Crippen LogP contribution < -0.4 is 4.74 Å². The Morgan fingerprint density at radius 1 is 1.26 bits per heavy atom. The van der Waals surface area contributed by atoms with Crippen LogP contribution in [0, 0.1) is 15.9 Å². The van der Waals surface area contributed by atoms with Gasteiger partial charge in [0.1, 0.15) is 18.2 Å². The minimum Gasteiger partial charge on any atom is -0.489 e. The van der Waals surface area contributed by atoms with Crippen LogP contribution in [-0.4, -0.2) is 4.92 Å². The van der Waals surface area contributed by atoms with Gasteiger partial charge in [-0.2, -0.15) is 0 Å². The number of rotatable bonds is 4. The molecule has 0 aliphatic rings. The number of benzene rings is 2. The molecule has 0 saturated heterocycles. The van der Waals surface area contributed by atoms with Gasteiger partial charge in [0, 0.05) is 17.2 Å². The summed E-state index contributed by atoms with van der Waals surface area (Å²) in [5, 5.41) is 11.1. The van der Waals surface area contributed by atoms with E-state index in [1.54, 1.807) is 12.1 Å². The van der Waals surface area contributed by atoms with Crippen LogP contribution in [-0.2, 0) is 6.61 Å². The summed E-state index contributed by atoms with van der Waals surface area (Å²) in [5.74, 6) is -0.118. The fraction of sp³-hybridized carbons (Fsp3) is 0.0769. The average Bonchev–Trinajstić information content (AvgIpc) is 2.37. The van der Waals surface area contributed by atoms with Crippen molar-refractivity contribution in [2.24, 2.45) is 0 Å². The Kier molecular flexibility index (Phi) is 3.97. The Morgan fingerprint density at radius 3 is 2.74 bits per heavy atom. The summed E-state index contributed by atoms with van der Waals surface area (Å²) in [6.07, 6.45) is 0. The molecule has 19 heavy (non-hydrogen) atoms. The SMILES string of the molecule is O=[N+]([O-])c1cc(Cl)ccc1COc1cccc(F)c1. The maximum atomic E-state index is 12.9. The molecule has 0 N–H and O–H groups in total. The predicted octanol–water partition coefficient (Wildman–Crippen LogP) is 3.97. The highest BCUT2D eigenvalue weighted by Gasteiger charge is 2.14. The lowest BCUT2D eigenvalue weighted by Crippen LogP contribution is -2.00. The van der Waals surface area contributed by atoms with E-state index in [9.17, 15) is 14.5 Å². The van der Waals surface area contributed by atoms with Gasteiger partial charge < -0.3 is 4.74 Å². The van der Waals surface area contributed by atoms with E-state index >= 15 is 0 Å². The van der Waals surface area contributed by atoms with Crippen molar-refractivity contribution in [3.05, 3.63) is 69.0 Å². The lowest BCUT2D eigenvalue weighted by atomic mass is 10.2. The zero-order chi connectivity index (χ0) is 13.8. The van der Waals surface area contributed by atoms with Crippen LogP contribution in [0.25, 0.3) is 0 Å². The first-order chi connectivity index (χ1) is 9.06. The van der Waals surface area contributed by atoms with E-state index in [0.717, 1.165) is 0 Å². The standard InChI is InChI=1S/C13H9ClFNO3/c14-10-5-4-9(13(6-10)16(17)18)8-19-12-3-1-2-11(15)7-12/h1-7H,8H2. The molecule has 0 unspecified atom stereocenters. The van der Waals surface area contributed by atoms with Crippen LogP contribution in [0.5, 0.6) is 5.75 Å². The number of hydrogen-bond donors (Lipinski definition) is 0. The van der Waals surface area contributed by atoms with Crippen LogP contribution in [0.4, 0.5) is 10.1 Å². The summed E-state index contributed by atoms with van der Waals surface area (Å²) >= 11 is 5.70. The van der Waals surface area contributed by atoms with Crippen LogP contribution >= 0.6 is 11.6 Å². The summed E-state index contributed by atoms with van der Waals surface area (Å²) in [5.41, 5.74) is 0.252. The van der Waals surface area contributed by atoms with Crippen molar-refractivity contribution >= 4 is 17.3 Å². The van der Waals surface area contributed by atoms with Crippen molar-refractivity contribution in [1.82, 2.24) is 0 Å². The fourth-order valence-electron chi connectivity index (χ4n) is 1.55. The largest absolute Gasteiger partial charge is 0.489 e. The van der Waals surface area contributed by atoms with Crippen LogP contribution in [0.15, 0.2) is 42.5 Å². The molecule has 0 aliphatic heterocycles. The molecule has 2 rings (SSSR count). The first kappa shape index (κ1) is 13.3. The number of nitro groups is 1. The topological polar surface area (TPSA) is 52.4 Å². The van der Waals surface area contributed by atoms with Gasteiger partial charge in [0.2, 0.25) is 0 Å². The van der Waals surface area contributed by atoms with Crippen LogP contribution in [0.2, 0.25) is 5.02 Å². The molecule has 0 spiro atoms.